The third-order valence-electron chi connectivity index (χ3n) is 7.04. The van der Waals surface area contributed by atoms with Gasteiger partial charge in [0.05, 0.1) is 18.6 Å². The van der Waals surface area contributed by atoms with Crippen molar-refractivity contribution in [2.45, 2.75) is 31.8 Å². The Labute approximate surface area is 169 Å². The molecule has 29 heavy (non-hydrogen) atoms. The smallest absolute Gasteiger partial charge is 0.409 e. The number of Topliss-reactive ketones (excluding diaryl/α,β-unsaturated/α-hetero) is 1. The van der Waals surface area contributed by atoms with Gasteiger partial charge >= 0.3 is 6.09 Å². The number of carbonyl (C=O) groups excluding carboxylic acids is 3. The monoisotopic (exact) mass is 398 g/mol. The Morgan fingerprint density at radius 2 is 1.90 bits per heavy atom. The zero-order valence-electron chi connectivity index (χ0n) is 16.6. The minimum atomic E-state index is -0.525. The fraction of sp³-hybridized carbons (Fsp3) is 0.591. The lowest BCUT2D eigenvalue weighted by Gasteiger charge is -2.38. The zero-order chi connectivity index (χ0) is 20.2. The van der Waals surface area contributed by atoms with E-state index in [4.69, 9.17) is 9.47 Å². The summed E-state index contributed by atoms with van der Waals surface area (Å²) in [5.41, 5.74) is 0.128. The van der Waals surface area contributed by atoms with E-state index in [1.165, 1.54) is 0 Å². The fourth-order valence-corrected chi connectivity index (χ4v) is 5.63. The van der Waals surface area contributed by atoms with E-state index >= 15 is 0 Å². The van der Waals surface area contributed by atoms with Crippen molar-refractivity contribution in [3.05, 3.63) is 29.8 Å². The Morgan fingerprint density at radius 3 is 2.66 bits per heavy atom. The highest BCUT2D eigenvalue weighted by Gasteiger charge is 2.71. The number of hydrogen-bond donors (Lipinski definition) is 0. The van der Waals surface area contributed by atoms with Crippen molar-refractivity contribution in [3.63, 3.8) is 0 Å². The minimum Gasteiger partial charge on any atom is -0.486 e. The highest BCUT2D eigenvalue weighted by molar-refractivity contribution is 6.00. The largest absolute Gasteiger partial charge is 0.486 e. The maximum absolute atomic E-state index is 13.2. The summed E-state index contributed by atoms with van der Waals surface area (Å²) in [6.45, 7) is 4.20. The molecule has 7 heteroatoms. The van der Waals surface area contributed by atoms with Crippen LogP contribution in [0.1, 0.15) is 36.5 Å². The molecule has 7 nitrogen and oxygen atoms in total. The van der Waals surface area contributed by atoms with Gasteiger partial charge in [-0.25, -0.2) is 4.79 Å². The normalized spacial score (nSPS) is 32.4. The standard InChI is InChI=1S/C22H26N2O5/c1-2-28-21(27)24-11-9-23(10-12-24)20(26)18-15-7-8-22(19(15)18)13-16(25)14-5-3-4-6-17(14)29-22/h3-6,15,18-19H,2,7-13H2,1H3/t15-,18+,19+,22-/m0/s1. The van der Waals surface area contributed by atoms with Crippen molar-refractivity contribution < 1.29 is 23.9 Å². The molecule has 5 rings (SSSR count). The van der Waals surface area contributed by atoms with E-state index in [2.05, 4.69) is 0 Å². The van der Waals surface area contributed by atoms with Gasteiger partial charge in [-0.3, -0.25) is 9.59 Å². The third-order valence-corrected chi connectivity index (χ3v) is 7.04. The molecule has 2 amide bonds. The number of para-hydroxylation sites is 1. The van der Waals surface area contributed by atoms with E-state index in [0.29, 0.717) is 56.4 Å². The molecule has 1 spiro atoms. The van der Waals surface area contributed by atoms with Crippen LogP contribution in [0.15, 0.2) is 24.3 Å². The highest BCUT2D eigenvalue weighted by atomic mass is 16.6. The number of carbonyl (C=O) groups is 3. The molecule has 0 N–H and O–H groups in total. The van der Waals surface area contributed by atoms with E-state index in [-0.39, 0.29) is 29.6 Å². The van der Waals surface area contributed by atoms with E-state index in [9.17, 15) is 14.4 Å². The summed E-state index contributed by atoms with van der Waals surface area (Å²) in [6, 6.07) is 7.41. The van der Waals surface area contributed by atoms with Crippen LogP contribution in [-0.4, -0.2) is 66.0 Å². The number of ketones is 1. The van der Waals surface area contributed by atoms with Gasteiger partial charge in [0.2, 0.25) is 5.91 Å². The van der Waals surface area contributed by atoms with Crippen LogP contribution >= 0.6 is 0 Å². The molecule has 154 valence electrons. The topological polar surface area (TPSA) is 76.2 Å². The number of amides is 2. The number of fused-ring (bicyclic) bond motifs is 3. The number of rotatable bonds is 2. The van der Waals surface area contributed by atoms with Crippen LogP contribution in [-0.2, 0) is 9.53 Å². The molecule has 0 radical (unpaired) electrons. The Morgan fingerprint density at radius 1 is 1.17 bits per heavy atom. The lowest BCUT2D eigenvalue weighted by Crippen LogP contribution is -2.52. The van der Waals surface area contributed by atoms with Crippen molar-refractivity contribution in [3.8, 4) is 5.75 Å². The second-order valence-corrected chi connectivity index (χ2v) is 8.53. The first-order valence-electron chi connectivity index (χ1n) is 10.6. The molecular formula is C22H26N2O5. The predicted molar refractivity (Wildman–Crippen MR) is 104 cm³/mol. The molecule has 1 saturated heterocycles. The number of piperazine rings is 1. The number of ether oxygens (including phenoxy) is 2. The first-order valence-corrected chi connectivity index (χ1v) is 10.6. The third kappa shape index (κ3) is 2.90. The lowest BCUT2D eigenvalue weighted by molar-refractivity contribution is -0.136. The average molecular weight is 398 g/mol. The lowest BCUT2D eigenvalue weighted by atomic mass is 9.84. The molecule has 2 aliphatic carbocycles. The van der Waals surface area contributed by atoms with E-state index in [0.717, 1.165) is 12.8 Å². The molecule has 2 aliphatic heterocycles. The van der Waals surface area contributed by atoms with Gasteiger partial charge in [0.15, 0.2) is 5.78 Å². The summed E-state index contributed by atoms with van der Waals surface area (Å²) in [5, 5.41) is 0. The van der Waals surface area contributed by atoms with Gasteiger partial charge in [-0.1, -0.05) is 12.1 Å². The van der Waals surface area contributed by atoms with Crippen LogP contribution in [0.3, 0.4) is 0 Å². The van der Waals surface area contributed by atoms with E-state index < -0.39 is 5.60 Å². The van der Waals surface area contributed by atoms with Crippen molar-refractivity contribution >= 4 is 17.8 Å². The molecule has 3 fully saturated rings. The van der Waals surface area contributed by atoms with E-state index in [1.54, 1.807) is 11.8 Å². The van der Waals surface area contributed by atoms with Crippen molar-refractivity contribution in [1.29, 1.82) is 0 Å². The van der Waals surface area contributed by atoms with Gasteiger partial charge < -0.3 is 19.3 Å². The van der Waals surface area contributed by atoms with Crippen molar-refractivity contribution in [1.82, 2.24) is 9.80 Å². The zero-order valence-corrected chi connectivity index (χ0v) is 16.6. The maximum Gasteiger partial charge on any atom is 0.409 e. The fourth-order valence-electron chi connectivity index (χ4n) is 5.63. The Balaban J connectivity index is 1.26. The molecule has 0 aromatic heterocycles. The molecular weight excluding hydrogens is 372 g/mol. The number of hydrogen-bond acceptors (Lipinski definition) is 5. The van der Waals surface area contributed by atoms with Crippen LogP contribution < -0.4 is 4.74 Å². The molecule has 4 aliphatic rings. The van der Waals surface area contributed by atoms with Gasteiger partial charge in [0, 0.05) is 38.0 Å². The van der Waals surface area contributed by atoms with Crippen LogP contribution in [0.4, 0.5) is 4.79 Å². The summed E-state index contributed by atoms with van der Waals surface area (Å²) < 4.78 is 11.4. The minimum absolute atomic E-state index is 0.0593. The number of benzene rings is 1. The second-order valence-electron chi connectivity index (χ2n) is 8.53. The Hall–Kier alpha value is -2.57. The summed E-state index contributed by atoms with van der Waals surface area (Å²) in [7, 11) is 0. The van der Waals surface area contributed by atoms with Crippen LogP contribution in [0.2, 0.25) is 0 Å². The molecule has 1 aromatic carbocycles. The van der Waals surface area contributed by atoms with Crippen LogP contribution in [0.25, 0.3) is 0 Å². The summed E-state index contributed by atoms with van der Waals surface area (Å²) in [6.07, 6.45) is 1.82. The Kier molecular flexibility index (Phi) is 4.29. The summed E-state index contributed by atoms with van der Waals surface area (Å²) >= 11 is 0. The van der Waals surface area contributed by atoms with Gasteiger partial charge in [-0.2, -0.15) is 0 Å². The molecule has 1 aromatic rings. The second kappa shape index (κ2) is 6.75. The molecule has 0 bridgehead atoms. The van der Waals surface area contributed by atoms with Crippen molar-refractivity contribution in [2.24, 2.45) is 17.8 Å². The molecule has 0 unspecified atom stereocenters. The number of nitrogens with zero attached hydrogens (tertiary/aromatic N) is 2. The van der Waals surface area contributed by atoms with Crippen molar-refractivity contribution in [2.75, 3.05) is 32.8 Å². The highest BCUT2D eigenvalue weighted by Crippen LogP contribution is 2.66. The summed E-state index contributed by atoms with van der Waals surface area (Å²) in [4.78, 5) is 41.3. The SMILES string of the molecule is CCOC(=O)N1CCN(C(=O)[C@@H]2[C@@H]3CC[C@]4(CC(=O)c5ccccc5O4)[C@H]32)CC1. The molecule has 2 saturated carbocycles. The molecule has 2 heterocycles. The van der Waals surface area contributed by atoms with E-state index in [1.807, 2.05) is 29.2 Å². The first-order chi connectivity index (χ1) is 14.0. The average Bonchev–Trinajstić information content (AvgIpc) is 3.38. The van der Waals surface area contributed by atoms with Gasteiger partial charge in [0.25, 0.3) is 0 Å². The summed E-state index contributed by atoms with van der Waals surface area (Å²) in [5.74, 6) is 1.30. The Bertz CT molecular complexity index is 863. The molecule has 4 atom stereocenters. The van der Waals surface area contributed by atoms with Gasteiger partial charge in [0.1, 0.15) is 11.4 Å². The van der Waals surface area contributed by atoms with Crippen LogP contribution in [0.5, 0.6) is 5.75 Å². The van der Waals surface area contributed by atoms with Gasteiger partial charge in [-0.05, 0) is 37.8 Å². The predicted octanol–water partition coefficient (Wildman–Crippen LogP) is 2.35. The maximum atomic E-state index is 13.2. The first kappa shape index (κ1) is 18.5. The van der Waals surface area contributed by atoms with Crippen LogP contribution in [0, 0.1) is 17.8 Å². The van der Waals surface area contributed by atoms with Gasteiger partial charge in [-0.15, -0.1) is 0 Å². The quantitative estimate of drug-likeness (QED) is 0.764.